The van der Waals surface area contributed by atoms with Gasteiger partial charge in [-0.2, -0.15) is 0 Å². The van der Waals surface area contributed by atoms with Crippen LogP contribution in [-0.2, 0) is 16.2 Å². The zero-order valence-corrected chi connectivity index (χ0v) is 25.1. The predicted octanol–water partition coefficient (Wildman–Crippen LogP) is 6.67. The third kappa shape index (κ3) is 5.44. The molecule has 10 heteroatoms. The maximum Gasteiger partial charge on any atom is 0.301 e. The molecule has 0 unspecified atom stereocenters. The van der Waals surface area contributed by atoms with Crippen molar-refractivity contribution in [2.75, 3.05) is 24.7 Å². The van der Waals surface area contributed by atoms with E-state index in [1.807, 2.05) is 61.5 Å². The Balaban J connectivity index is 1.34. The van der Waals surface area contributed by atoms with Crippen molar-refractivity contribution < 1.29 is 33.6 Å². The minimum atomic E-state index is -0.981. The van der Waals surface area contributed by atoms with E-state index in [0.717, 1.165) is 10.3 Å². The molecule has 1 fully saturated rings. The van der Waals surface area contributed by atoms with Crippen molar-refractivity contribution in [3.63, 3.8) is 0 Å². The van der Waals surface area contributed by atoms with Crippen LogP contribution in [0.25, 0.3) is 16.0 Å². The number of carbonyl (C=O) groups excluding carboxylic acids is 2. The van der Waals surface area contributed by atoms with E-state index in [4.69, 9.17) is 23.9 Å². The summed E-state index contributed by atoms with van der Waals surface area (Å²) in [5.41, 5.74) is 2.49. The van der Waals surface area contributed by atoms with Gasteiger partial charge < -0.3 is 24.1 Å². The van der Waals surface area contributed by atoms with Gasteiger partial charge in [0.2, 0.25) is 0 Å². The molecule has 1 N–H and O–H groups in total. The van der Waals surface area contributed by atoms with Crippen molar-refractivity contribution >= 4 is 44.1 Å². The molecule has 2 aliphatic heterocycles. The van der Waals surface area contributed by atoms with Crippen molar-refractivity contribution in [3.8, 4) is 23.0 Å². The van der Waals surface area contributed by atoms with Crippen LogP contribution >= 0.6 is 11.3 Å². The van der Waals surface area contributed by atoms with Crippen LogP contribution in [0.3, 0.4) is 0 Å². The Morgan fingerprint density at radius 2 is 1.71 bits per heavy atom. The Hall–Kier alpha value is -5.35. The molecule has 9 nitrogen and oxygen atoms in total. The highest BCUT2D eigenvalue weighted by Crippen LogP contribution is 2.46. The summed E-state index contributed by atoms with van der Waals surface area (Å²) in [4.78, 5) is 33.7. The molecule has 5 aromatic rings. The van der Waals surface area contributed by atoms with Gasteiger partial charge in [-0.15, -0.1) is 0 Å². The highest BCUT2D eigenvalue weighted by atomic mass is 32.1. The number of benzene rings is 4. The van der Waals surface area contributed by atoms with Crippen LogP contribution in [0.4, 0.5) is 5.13 Å². The van der Waals surface area contributed by atoms with Gasteiger partial charge in [0.1, 0.15) is 37.1 Å². The second-order valence-electron chi connectivity index (χ2n) is 10.4. The number of thiazole rings is 1. The first-order valence-corrected chi connectivity index (χ1v) is 15.3. The average molecular weight is 621 g/mol. The molecule has 0 saturated carbocycles. The smallest absolute Gasteiger partial charge is 0.301 e. The summed E-state index contributed by atoms with van der Waals surface area (Å²) in [6.45, 7) is 3.53. The number of hydrogen-bond donors (Lipinski definition) is 1. The molecule has 0 bridgehead atoms. The van der Waals surface area contributed by atoms with Gasteiger partial charge >= 0.3 is 5.91 Å². The Labute approximate surface area is 262 Å². The lowest BCUT2D eigenvalue weighted by Crippen LogP contribution is -2.29. The first-order valence-electron chi connectivity index (χ1n) is 14.5. The summed E-state index contributed by atoms with van der Waals surface area (Å²) in [6, 6.07) is 26.4. The van der Waals surface area contributed by atoms with Gasteiger partial charge in [0.05, 0.1) is 28.4 Å². The van der Waals surface area contributed by atoms with Crippen LogP contribution in [-0.4, -0.2) is 41.6 Å². The number of aliphatic hydroxyl groups excluding tert-OH is 1. The number of amides is 1. The summed E-state index contributed by atoms with van der Waals surface area (Å²) in [7, 11) is 0. The molecule has 226 valence electrons. The normalized spacial score (nSPS) is 17.1. The molecule has 4 aromatic carbocycles. The van der Waals surface area contributed by atoms with Gasteiger partial charge in [0.25, 0.3) is 5.78 Å². The number of nitrogens with zero attached hydrogens (tertiary/aromatic N) is 2. The Morgan fingerprint density at radius 3 is 2.53 bits per heavy atom. The quantitative estimate of drug-likeness (QED) is 0.116. The third-order valence-corrected chi connectivity index (χ3v) is 8.57. The summed E-state index contributed by atoms with van der Waals surface area (Å²) < 4.78 is 23.9. The molecule has 3 heterocycles. The van der Waals surface area contributed by atoms with Crippen LogP contribution in [0.15, 0.2) is 96.6 Å². The average Bonchev–Trinajstić information content (AvgIpc) is 3.61. The summed E-state index contributed by atoms with van der Waals surface area (Å²) >= 11 is 1.27. The summed E-state index contributed by atoms with van der Waals surface area (Å²) in [5, 5.41) is 12.0. The minimum absolute atomic E-state index is 0.0638. The van der Waals surface area contributed by atoms with Gasteiger partial charge in [-0.25, -0.2) is 4.98 Å². The maximum absolute atomic E-state index is 13.8. The van der Waals surface area contributed by atoms with Gasteiger partial charge in [-0.3, -0.25) is 14.5 Å². The first kappa shape index (κ1) is 28.4. The fraction of sp³-hybridized carbons (Fsp3) is 0.171. The molecule has 1 amide bonds. The molecule has 1 saturated heterocycles. The van der Waals surface area contributed by atoms with Crippen molar-refractivity contribution in [2.45, 2.75) is 19.6 Å². The number of aliphatic hydroxyl groups is 1. The van der Waals surface area contributed by atoms with E-state index in [1.54, 1.807) is 36.4 Å². The molecule has 7 rings (SSSR count). The zero-order valence-electron chi connectivity index (χ0n) is 24.3. The van der Waals surface area contributed by atoms with Gasteiger partial charge in [-0.1, -0.05) is 53.8 Å². The number of fused-ring (bicyclic) bond motifs is 2. The van der Waals surface area contributed by atoms with Gasteiger partial charge in [-0.05, 0) is 66.6 Å². The van der Waals surface area contributed by atoms with Crippen molar-refractivity contribution in [1.29, 1.82) is 0 Å². The lowest BCUT2D eigenvalue weighted by Gasteiger charge is -2.24. The molecule has 0 radical (unpaired) electrons. The molecule has 1 atom stereocenters. The molecular weight excluding hydrogens is 592 g/mol. The number of Topliss-reactive ketones (excluding diaryl/α,β-unsaturated/α-hetero) is 1. The molecule has 0 aliphatic carbocycles. The Morgan fingerprint density at radius 1 is 0.911 bits per heavy atom. The van der Waals surface area contributed by atoms with Crippen molar-refractivity contribution in [3.05, 3.63) is 113 Å². The molecule has 45 heavy (non-hydrogen) atoms. The zero-order chi connectivity index (χ0) is 30.9. The van der Waals surface area contributed by atoms with E-state index in [1.165, 1.54) is 16.2 Å². The highest BCUT2D eigenvalue weighted by molar-refractivity contribution is 7.22. The van der Waals surface area contributed by atoms with Crippen molar-refractivity contribution in [2.24, 2.45) is 0 Å². The summed E-state index contributed by atoms with van der Waals surface area (Å²) in [5.74, 6) is 0.277. The Bertz CT molecular complexity index is 1950. The van der Waals surface area contributed by atoms with Crippen LogP contribution < -0.4 is 23.8 Å². The lowest BCUT2D eigenvalue weighted by atomic mass is 9.95. The lowest BCUT2D eigenvalue weighted by molar-refractivity contribution is -0.132. The van der Waals surface area contributed by atoms with Crippen molar-refractivity contribution in [1.82, 2.24) is 4.98 Å². The minimum Gasteiger partial charge on any atom is -0.507 e. The van der Waals surface area contributed by atoms with E-state index in [-0.39, 0.29) is 11.3 Å². The fourth-order valence-electron chi connectivity index (χ4n) is 5.46. The number of carbonyl (C=O) groups is 2. The van der Waals surface area contributed by atoms with Crippen LogP contribution in [0.5, 0.6) is 23.0 Å². The van der Waals surface area contributed by atoms with Crippen LogP contribution in [0.2, 0.25) is 0 Å². The largest absolute Gasteiger partial charge is 0.507 e. The Kier molecular flexibility index (Phi) is 7.56. The molecular formula is C35H28N2O7S. The number of ether oxygens (including phenoxy) is 4. The van der Waals surface area contributed by atoms with E-state index >= 15 is 0 Å². The molecule has 1 aromatic heterocycles. The maximum atomic E-state index is 13.8. The topological polar surface area (TPSA) is 107 Å². The fourth-order valence-corrected chi connectivity index (χ4v) is 6.48. The number of hydrogen-bond acceptors (Lipinski definition) is 9. The van der Waals surface area contributed by atoms with Crippen LogP contribution in [0, 0.1) is 0 Å². The second-order valence-corrected chi connectivity index (χ2v) is 11.4. The third-order valence-electron chi connectivity index (χ3n) is 7.55. The molecule has 0 spiro atoms. The SMILES string of the molecule is CCOc1ccc2nc(N3C(=O)C(=O)C(=C(O)c4ccc5c(c4)OCCO5)[C@@H]3c3cccc(OCc4ccccc4)c3)sc2c1. The summed E-state index contributed by atoms with van der Waals surface area (Å²) in [6.07, 6.45) is 0. The highest BCUT2D eigenvalue weighted by Gasteiger charge is 2.48. The van der Waals surface area contributed by atoms with Crippen LogP contribution in [0.1, 0.15) is 29.7 Å². The van der Waals surface area contributed by atoms with Gasteiger partial charge in [0, 0.05) is 5.56 Å². The standard InChI is InChI=1S/C35H28N2O7S/c1-2-41-25-12-13-26-29(19-25)45-35(36-26)37-31(22-9-6-10-24(17-22)44-20-21-7-4-3-5-8-21)30(33(39)34(37)40)32(38)23-11-14-27-28(18-23)43-16-15-42-27/h3-14,17-19,31,38H,2,15-16,20H2,1H3/t31-/m0/s1. The number of rotatable bonds is 8. The number of anilines is 1. The predicted molar refractivity (Wildman–Crippen MR) is 170 cm³/mol. The van der Waals surface area contributed by atoms with E-state index in [2.05, 4.69) is 0 Å². The second kappa shape index (κ2) is 12.0. The number of ketones is 1. The van der Waals surface area contributed by atoms with E-state index < -0.39 is 17.7 Å². The monoisotopic (exact) mass is 620 g/mol. The number of aromatic nitrogens is 1. The molecule has 2 aliphatic rings. The van der Waals surface area contributed by atoms with E-state index in [0.29, 0.717) is 71.2 Å². The van der Waals surface area contributed by atoms with Gasteiger partial charge in [0.15, 0.2) is 16.6 Å². The van der Waals surface area contributed by atoms with E-state index in [9.17, 15) is 14.7 Å². The first-order chi connectivity index (χ1) is 22.0.